The summed E-state index contributed by atoms with van der Waals surface area (Å²) in [6.45, 7) is -0.643. The second-order valence-corrected chi connectivity index (χ2v) is 4.18. The van der Waals surface area contributed by atoms with Crippen molar-refractivity contribution in [1.82, 2.24) is 0 Å². The Bertz CT molecular complexity index is 665. The molecule has 0 aliphatic carbocycles. The number of hydrogen-bond donors (Lipinski definition) is 1. The molecule has 2 aromatic rings. The number of halogens is 3. The second-order valence-electron chi connectivity index (χ2n) is 4.18. The first-order chi connectivity index (χ1) is 10.4. The Morgan fingerprint density at radius 1 is 1.18 bits per heavy atom. The molecule has 5 nitrogen and oxygen atoms in total. The quantitative estimate of drug-likeness (QED) is 0.881. The summed E-state index contributed by atoms with van der Waals surface area (Å²) >= 11 is 0. The van der Waals surface area contributed by atoms with Crippen molar-refractivity contribution in [2.75, 3.05) is 11.9 Å². The number of hydrogen-bond acceptors (Lipinski definition) is 4. The topological polar surface area (TPSA) is 68.5 Å². The maximum Gasteiger partial charge on any atom is 0.416 e. The van der Waals surface area contributed by atoms with Gasteiger partial charge in [0.05, 0.1) is 11.8 Å². The molecule has 0 radical (unpaired) electrons. The highest BCUT2D eigenvalue weighted by molar-refractivity contribution is 5.94. The minimum Gasteiger partial charge on any atom is -0.457 e. The van der Waals surface area contributed by atoms with Gasteiger partial charge in [0.1, 0.15) is 0 Å². The van der Waals surface area contributed by atoms with Gasteiger partial charge in [0.15, 0.2) is 6.61 Å². The van der Waals surface area contributed by atoms with Crippen LogP contribution in [0.15, 0.2) is 47.1 Å². The number of alkyl halides is 3. The number of anilines is 1. The van der Waals surface area contributed by atoms with Gasteiger partial charge in [-0.2, -0.15) is 13.2 Å². The van der Waals surface area contributed by atoms with E-state index in [-0.39, 0.29) is 11.4 Å². The highest BCUT2D eigenvalue weighted by Gasteiger charge is 2.30. The zero-order valence-corrected chi connectivity index (χ0v) is 11.0. The van der Waals surface area contributed by atoms with Crippen LogP contribution < -0.4 is 5.32 Å². The molecule has 1 aromatic heterocycles. The van der Waals surface area contributed by atoms with E-state index in [0.717, 1.165) is 18.2 Å². The molecule has 1 amide bonds. The normalized spacial score (nSPS) is 11.0. The van der Waals surface area contributed by atoms with E-state index in [1.165, 1.54) is 24.5 Å². The largest absolute Gasteiger partial charge is 0.457 e. The van der Waals surface area contributed by atoms with Crippen molar-refractivity contribution in [3.63, 3.8) is 0 Å². The fraction of sp³-hybridized carbons (Fsp3) is 0.143. The van der Waals surface area contributed by atoms with Crippen LogP contribution in [0.5, 0.6) is 0 Å². The van der Waals surface area contributed by atoms with Crippen molar-refractivity contribution in [3.8, 4) is 0 Å². The van der Waals surface area contributed by atoms with Crippen molar-refractivity contribution in [2.24, 2.45) is 0 Å². The van der Waals surface area contributed by atoms with Crippen LogP contribution in [0, 0.1) is 0 Å². The molecule has 1 aromatic carbocycles. The van der Waals surface area contributed by atoms with Crippen LogP contribution in [0.4, 0.5) is 18.9 Å². The van der Waals surface area contributed by atoms with E-state index in [1.54, 1.807) is 0 Å². The molecule has 2 rings (SSSR count). The number of furan rings is 1. The summed E-state index contributed by atoms with van der Waals surface area (Å²) in [6.07, 6.45) is -3.24. The molecule has 0 unspecified atom stereocenters. The summed E-state index contributed by atoms with van der Waals surface area (Å²) in [7, 11) is 0. The molecule has 22 heavy (non-hydrogen) atoms. The molecule has 0 aliphatic heterocycles. The Labute approximate surface area is 122 Å². The molecule has 1 N–H and O–H groups in total. The zero-order valence-electron chi connectivity index (χ0n) is 11.0. The van der Waals surface area contributed by atoms with Gasteiger partial charge in [-0.15, -0.1) is 0 Å². The third-order valence-electron chi connectivity index (χ3n) is 2.53. The molecule has 1 heterocycles. The van der Waals surface area contributed by atoms with Crippen LogP contribution in [0.3, 0.4) is 0 Å². The lowest BCUT2D eigenvalue weighted by atomic mass is 10.2. The number of rotatable bonds is 4. The SMILES string of the molecule is O=C(COC(=O)c1ccco1)Nc1cccc(C(F)(F)F)c1. The average molecular weight is 313 g/mol. The van der Waals surface area contributed by atoms with Crippen molar-refractivity contribution in [3.05, 3.63) is 54.0 Å². The van der Waals surface area contributed by atoms with Crippen LogP contribution in [0.2, 0.25) is 0 Å². The van der Waals surface area contributed by atoms with Crippen LogP contribution in [-0.4, -0.2) is 18.5 Å². The highest BCUT2D eigenvalue weighted by Crippen LogP contribution is 2.30. The van der Waals surface area contributed by atoms with Crippen LogP contribution >= 0.6 is 0 Å². The summed E-state index contributed by atoms with van der Waals surface area (Å²) in [4.78, 5) is 23.0. The van der Waals surface area contributed by atoms with Crippen LogP contribution in [-0.2, 0) is 15.7 Å². The smallest absolute Gasteiger partial charge is 0.416 e. The summed E-state index contributed by atoms with van der Waals surface area (Å²) in [6, 6.07) is 6.94. The van der Waals surface area contributed by atoms with Gasteiger partial charge in [-0.3, -0.25) is 4.79 Å². The Hall–Kier alpha value is -2.77. The van der Waals surface area contributed by atoms with E-state index in [2.05, 4.69) is 10.1 Å². The molecule has 0 fully saturated rings. The summed E-state index contributed by atoms with van der Waals surface area (Å²) < 4.78 is 47.0. The van der Waals surface area contributed by atoms with E-state index in [1.807, 2.05) is 0 Å². The third-order valence-corrected chi connectivity index (χ3v) is 2.53. The van der Waals surface area contributed by atoms with Gasteiger partial charge in [0, 0.05) is 5.69 Å². The highest BCUT2D eigenvalue weighted by atomic mass is 19.4. The van der Waals surface area contributed by atoms with E-state index < -0.39 is 30.2 Å². The van der Waals surface area contributed by atoms with Crippen LogP contribution in [0.25, 0.3) is 0 Å². The average Bonchev–Trinajstić information content (AvgIpc) is 2.98. The molecular formula is C14H10F3NO4. The first kappa shape index (κ1) is 15.6. The van der Waals surface area contributed by atoms with E-state index in [4.69, 9.17) is 4.42 Å². The summed E-state index contributed by atoms with van der Waals surface area (Å²) in [5.74, 6) is -1.68. The number of benzene rings is 1. The molecule has 0 aliphatic rings. The minimum atomic E-state index is -4.51. The number of ether oxygens (including phenoxy) is 1. The third kappa shape index (κ3) is 4.11. The molecule has 8 heteroatoms. The first-order valence-corrected chi connectivity index (χ1v) is 6.04. The van der Waals surface area contributed by atoms with Crippen molar-refractivity contribution < 1.29 is 31.9 Å². The Morgan fingerprint density at radius 3 is 2.59 bits per heavy atom. The van der Waals surface area contributed by atoms with Crippen molar-refractivity contribution in [2.45, 2.75) is 6.18 Å². The molecule has 0 saturated heterocycles. The molecule has 0 atom stereocenters. The van der Waals surface area contributed by atoms with E-state index in [9.17, 15) is 22.8 Å². The molecular weight excluding hydrogens is 303 g/mol. The number of carbonyl (C=O) groups is 2. The lowest BCUT2D eigenvalue weighted by Crippen LogP contribution is -2.21. The van der Waals surface area contributed by atoms with Gasteiger partial charge in [-0.05, 0) is 30.3 Å². The fourth-order valence-electron chi connectivity index (χ4n) is 1.57. The van der Waals surface area contributed by atoms with E-state index in [0.29, 0.717) is 0 Å². The van der Waals surface area contributed by atoms with Gasteiger partial charge < -0.3 is 14.5 Å². The monoisotopic (exact) mass is 313 g/mol. The number of amides is 1. The van der Waals surface area contributed by atoms with Gasteiger partial charge in [0.2, 0.25) is 5.76 Å². The fourth-order valence-corrected chi connectivity index (χ4v) is 1.57. The number of esters is 1. The maximum atomic E-state index is 12.5. The van der Waals surface area contributed by atoms with Gasteiger partial charge >= 0.3 is 12.1 Å². The molecule has 116 valence electrons. The minimum absolute atomic E-state index is 0.0473. The van der Waals surface area contributed by atoms with E-state index >= 15 is 0 Å². The lowest BCUT2D eigenvalue weighted by Gasteiger charge is -2.09. The molecule has 0 saturated carbocycles. The zero-order chi connectivity index (χ0) is 16.2. The van der Waals surface area contributed by atoms with Gasteiger partial charge in [-0.1, -0.05) is 6.07 Å². The summed E-state index contributed by atoms with van der Waals surface area (Å²) in [5, 5.41) is 2.21. The predicted octanol–water partition coefficient (Wildman–Crippen LogP) is 3.09. The van der Waals surface area contributed by atoms with Gasteiger partial charge in [0.25, 0.3) is 5.91 Å². The van der Waals surface area contributed by atoms with Crippen molar-refractivity contribution >= 4 is 17.6 Å². The molecule has 0 bridgehead atoms. The number of nitrogens with one attached hydrogen (secondary N) is 1. The Kier molecular flexibility index (Phi) is 4.50. The van der Waals surface area contributed by atoms with Crippen molar-refractivity contribution in [1.29, 1.82) is 0 Å². The Balaban J connectivity index is 1.91. The maximum absolute atomic E-state index is 12.5. The number of carbonyl (C=O) groups excluding carboxylic acids is 2. The Morgan fingerprint density at radius 2 is 1.95 bits per heavy atom. The van der Waals surface area contributed by atoms with Gasteiger partial charge in [-0.25, -0.2) is 4.79 Å². The molecule has 0 spiro atoms. The standard InChI is InChI=1S/C14H10F3NO4/c15-14(16,17)9-3-1-4-10(7-9)18-12(19)8-22-13(20)11-5-2-6-21-11/h1-7H,8H2,(H,18,19). The lowest BCUT2D eigenvalue weighted by molar-refractivity contribution is -0.137. The first-order valence-electron chi connectivity index (χ1n) is 6.04. The predicted molar refractivity (Wildman–Crippen MR) is 69.1 cm³/mol. The summed E-state index contributed by atoms with van der Waals surface area (Å²) in [5.41, 5.74) is -0.938. The second kappa shape index (κ2) is 6.33. The van der Waals surface area contributed by atoms with Crippen LogP contribution in [0.1, 0.15) is 16.1 Å².